The van der Waals surface area contributed by atoms with Gasteiger partial charge in [-0.05, 0) is 22.4 Å². The Morgan fingerprint density at radius 3 is 2.56 bits per heavy atom. The molecule has 0 bridgehead atoms. The van der Waals surface area contributed by atoms with Gasteiger partial charge >= 0.3 is 5.82 Å². The second-order valence-corrected chi connectivity index (χ2v) is 6.72. The zero-order valence-electron chi connectivity index (χ0n) is 15.0. The Balaban J connectivity index is 1.95. The van der Waals surface area contributed by atoms with Crippen molar-refractivity contribution in [1.29, 1.82) is 0 Å². The van der Waals surface area contributed by atoms with Crippen LogP contribution < -0.4 is 5.32 Å². The van der Waals surface area contributed by atoms with E-state index in [0.29, 0.717) is 12.4 Å². The molecule has 1 N–H and O–H groups in total. The maximum absolute atomic E-state index is 12.3. The van der Waals surface area contributed by atoms with Gasteiger partial charge in [0.2, 0.25) is 11.7 Å². The molecule has 0 aliphatic rings. The summed E-state index contributed by atoms with van der Waals surface area (Å²) in [5, 5.41) is 13.8. The lowest BCUT2D eigenvalue weighted by molar-refractivity contribution is -0.389. The third kappa shape index (κ3) is 4.43. The van der Waals surface area contributed by atoms with E-state index in [-0.39, 0.29) is 29.6 Å². The molecule has 1 aromatic heterocycles. The number of carbonyl (C=O) groups excluding carboxylic acids is 1. The zero-order chi connectivity index (χ0) is 18.6. The van der Waals surface area contributed by atoms with Crippen LogP contribution in [0.25, 0.3) is 0 Å². The Labute approximate surface area is 147 Å². The largest absolute Gasteiger partial charge is 0.381 e. The van der Waals surface area contributed by atoms with Crippen LogP contribution in [0.3, 0.4) is 0 Å². The molecule has 1 aromatic carbocycles. The van der Waals surface area contributed by atoms with E-state index in [0.717, 1.165) is 5.56 Å². The fourth-order valence-corrected chi connectivity index (χ4v) is 2.64. The molecule has 0 unspecified atom stereocenters. The van der Waals surface area contributed by atoms with Crippen LogP contribution in [-0.2, 0) is 16.8 Å². The summed E-state index contributed by atoms with van der Waals surface area (Å²) in [5.41, 5.74) is 0.949. The smallest absolute Gasteiger partial charge is 0.358 e. The van der Waals surface area contributed by atoms with Crippen molar-refractivity contribution in [3.63, 3.8) is 0 Å². The first-order valence-corrected chi connectivity index (χ1v) is 8.25. The molecule has 1 amide bonds. The van der Waals surface area contributed by atoms with Gasteiger partial charge in [-0.3, -0.25) is 4.79 Å². The molecule has 25 heavy (non-hydrogen) atoms. The third-order valence-corrected chi connectivity index (χ3v) is 4.71. The number of hydrogen-bond acceptors (Lipinski definition) is 4. The first-order chi connectivity index (χ1) is 11.7. The zero-order valence-corrected chi connectivity index (χ0v) is 15.0. The molecular formula is C18H24N4O3. The Kier molecular flexibility index (Phi) is 5.56. The van der Waals surface area contributed by atoms with Gasteiger partial charge in [0.05, 0.1) is 0 Å². The molecule has 0 radical (unpaired) electrons. The third-order valence-electron chi connectivity index (χ3n) is 4.71. The Hall–Kier alpha value is -2.70. The summed E-state index contributed by atoms with van der Waals surface area (Å²) in [6.07, 6.45) is 1.60. The molecule has 2 aromatic rings. The molecule has 134 valence electrons. The number of nitrogens with zero attached hydrogens (tertiary/aromatic N) is 3. The van der Waals surface area contributed by atoms with Crippen molar-refractivity contribution in [2.45, 2.75) is 52.1 Å². The van der Waals surface area contributed by atoms with Crippen LogP contribution in [0.2, 0.25) is 0 Å². The van der Waals surface area contributed by atoms with Gasteiger partial charge in [0.25, 0.3) is 0 Å². The van der Waals surface area contributed by atoms with E-state index in [1.165, 1.54) is 6.20 Å². The van der Waals surface area contributed by atoms with Crippen molar-refractivity contribution >= 4 is 11.7 Å². The minimum Gasteiger partial charge on any atom is -0.358 e. The minimum atomic E-state index is -0.534. The summed E-state index contributed by atoms with van der Waals surface area (Å²) in [6.45, 7) is 8.22. The highest BCUT2D eigenvalue weighted by Gasteiger charge is 2.29. The van der Waals surface area contributed by atoms with Crippen molar-refractivity contribution < 1.29 is 9.72 Å². The molecule has 0 saturated carbocycles. The summed E-state index contributed by atoms with van der Waals surface area (Å²) < 4.78 is 1.63. The molecule has 1 atom stereocenters. The predicted octanol–water partition coefficient (Wildman–Crippen LogP) is 2.97. The molecule has 7 heteroatoms. The van der Waals surface area contributed by atoms with Crippen LogP contribution >= 0.6 is 0 Å². The van der Waals surface area contributed by atoms with Gasteiger partial charge in [-0.15, -0.1) is 0 Å². The SMILES string of the molecule is Cc1nc([N+](=O)[O-])cn1CCC(=O)N[C@H](C)C(C)(C)c1ccccc1. The highest BCUT2D eigenvalue weighted by Crippen LogP contribution is 2.26. The van der Waals surface area contributed by atoms with Crippen LogP contribution in [0.1, 0.15) is 38.6 Å². The first-order valence-electron chi connectivity index (χ1n) is 8.25. The van der Waals surface area contributed by atoms with E-state index in [2.05, 4.69) is 36.3 Å². The highest BCUT2D eigenvalue weighted by molar-refractivity contribution is 5.76. The van der Waals surface area contributed by atoms with Crippen molar-refractivity contribution in [3.8, 4) is 0 Å². The average Bonchev–Trinajstić information content (AvgIpc) is 2.95. The van der Waals surface area contributed by atoms with E-state index in [4.69, 9.17) is 0 Å². The number of aryl methyl sites for hydroxylation is 2. The molecule has 0 saturated heterocycles. The lowest BCUT2D eigenvalue weighted by Gasteiger charge is -2.33. The van der Waals surface area contributed by atoms with Crippen LogP contribution in [0.4, 0.5) is 5.82 Å². The van der Waals surface area contributed by atoms with E-state index in [1.807, 2.05) is 25.1 Å². The lowest BCUT2D eigenvalue weighted by atomic mass is 9.78. The lowest BCUT2D eigenvalue weighted by Crippen LogP contribution is -2.45. The normalized spacial score (nSPS) is 12.6. The predicted molar refractivity (Wildman–Crippen MR) is 95.3 cm³/mol. The number of nitrogens with one attached hydrogen (secondary N) is 1. The second-order valence-electron chi connectivity index (χ2n) is 6.72. The number of rotatable bonds is 7. The van der Waals surface area contributed by atoms with Gasteiger partial charge in [-0.25, -0.2) is 0 Å². The van der Waals surface area contributed by atoms with Crippen LogP contribution in [0, 0.1) is 17.0 Å². The number of carbonyl (C=O) groups is 1. The topological polar surface area (TPSA) is 90.1 Å². The number of benzene rings is 1. The van der Waals surface area contributed by atoms with Gasteiger partial charge in [-0.2, -0.15) is 0 Å². The molecule has 0 spiro atoms. The van der Waals surface area contributed by atoms with Gasteiger partial charge in [0.1, 0.15) is 6.20 Å². The molecule has 7 nitrogen and oxygen atoms in total. The van der Waals surface area contributed by atoms with Gasteiger partial charge in [0, 0.05) is 31.3 Å². The second kappa shape index (κ2) is 7.46. The molecule has 0 fully saturated rings. The monoisotopic (exact) mass is 344 g/mol. The van der Waals surface area contributed by atoms with E-state index in [1.54, 1.807) is 11.5 Å². The quantitative estimate of drug-likeness (QED) is 0.617. The van der Waals surface area contributed by atoms with Crippen LogP contribution in [0.15, 0.2) is 36.5 Å². The molecule has 0 aliphatic carbocycles. The molecule has 0 aliphatic heterocycles. The summed E-state index contributed by atoms with van der Waals surface area (Å²) in [7, 11) is 0. The van der Waals surface area contributed by atoms with E-state index >= 15 is 0 Å². The van der Waals surface area contributed by atoms with Gasteiger partial charge < -0.3 is 20.0 Å². The van der Waals surface area contributed by atoms with E-state index < -0.39 is 4.92 Å². The molecule has 2 rings (SSSR count). The summed E-state index contributed by atoms with van der Waals surface area (Å²) in [5.74, 6) is 0.237. The van der Waals surface area contributed by atoms with Gasteiger partial charge in [-0.1, -0.05) is 44.2 Å². The van der Waals surface area contributed by atoms with Crippen molar-refractivity contribution in [2.24, 2.45) is 0 Å². The maximum atomic E-state index is 12.3. The number of imidazole rings is 1. The Morgan fingerprint density at radius 2 is 2.00 bits per heavy atom. The van der Waals surface area contributed by atoms with Crippen molar-refractivity contribution in [3.05, 3.63) is 58.0 Å². The summed E-state index contributed by atoms with van der Waals surface area (Å²) in [6, 6.07) is 9.99. The fourth-order valence-electron chi connectivity index (χ4n) is 2.64. The first kappa shape index (κ1) is 18.6. The van der Waals surface area contributed by atoms with Crippen LogP contribution in [0.5, 0.6) is 0 Å². The van der Waals surface area contributed by atoms with Crippen LogP contribution in [-0.4, -0.2) is 26.4 Å². The van der Waals surface area contributed by atoms with Crippen molar-refractivity contribution in [2.75, 3.05) is 0 Å². The highest BCUT2D eigenvalue weighted by atomic mass is 16.6. The number of nitro groups is 1. The Morgan fingerprint density at radius 1 is 1.36 bits per heavy atom. The van der Waals surface area contributed by atoms with Gasteiger partial charge in [0.15, 0.2) is 0 Å². The van der Waals surface area contributed by atoms with E-state index in [9.17, 15) is 14.9 Å². The average molecular weight is 344 g/mol. The standard InChI is InChI=1S/C18H24N4O3/c1-13(18(3,4)15-8-6-5-7-9-15)19-17(23)10-11-21-12-16(22(24)25)20-14(21)2/h5-9,12-13H,10-11H2,1-4H3,(H,19,23)/t13-/m1/s1. The summed E-state index contributed by atoms with van der Waals surface area (Å²) in [4.78, 5) is 26.4. The summed E-state index contributed by atoms with van der Waals surface area (Å²) >= 11 is 0. The fraction of sp³-hybridized carbons (Fsp3) is 0.444. The minimum absolute atomic E-state index is 0.0550. The number of aromatic nitrogens is 2. The van der Waals surface area contributed by atoms with Crippen molar-refractivity contribution in [1.82, 2.24) is 14.9 Å². The number of hydrogen-bond donors (Lipinski definition) is 1. The number of amides is 1. The molecular weight excluding hydrogens is 320 g/mol. The Bertz CT molecular complexity index is 753. The maximum Gasteiger partial charge on any atom is 0.381 e. The molecule has 1 heterocycles.